The van der Waals surface area contributed by atoms with Gasteiger partial charge in [-0.05, 0) is 36.3 Å². The van der Waals surface area contributed by atoms with Crippen molar-refractivity contribution in [2.24, 2.45) is 0 Å². The van der Waals surface area contributed by atoms with Crippen LogP contribution in [-0.4, -0.2) is 34.9 Å². The first-order valence-electron chi connectivity index (χ1n) is 6.41. The number of thiophene rings is 1. The van der Waals surface area contributed by atoms with E-state index in [-0.39, 0.29) is 18.1 Å². The smallest absolute Gasteiger partial charge is 0.241 e. The van der Waals surface area contributed by atoms with E-state index in [1.54, 1.807) is 11.3 Å². The molecule has 5 heteroatoms. The molecule has 0 saturated carbocycles. The summed E-state index contributed by atoms with van der Waals surface area (Å²) in [6, 6.07) is 4.08. The van der Waals surface area contributed by atoms with Gasteiger partial charge in [0.15, 0.2) is 0 Å². The van der Waals surface area contributed by atoms with Crippen LogP contribution in [-0.2, 0) is 4.79 Å². The summed E-state index contributed by atoms with van der Waals surface area (Å²) in [4.78, 5) is 15.4. The first-order valence-corrected chi connectivity index (χ1v) is 8.45. The normalized spacial score (nSPS) is 23.9. The van der Waals surface area contributed by atoms with Crippen molar-refractivity contribution in [3.05, 3.63) is 22.4 Å². The largest absolute Gasteiger partial charge is 0.321 e. The van der Waals surface area contributed by atoms with Gasteiger partial charge in [-0.1, -0.05) is 13.0 Å². The van der Waals surface area contributed by atoms with Gasteiger partial charge in [-0.2, -0.15) is 11.8 Å². The van der Waals surface area contributed by atoms with Gasteiger partial charge in [-0.25, -0.2) is 0 Å². The summed E-state index contributed by atoms with van der Waals surface area (Å²) >= 11 is 3.65. The molecule has 0 spiro atoms. The van der Waals surface area contributed by atoms with Crippen molar-refractivity contribution in [1.82, 2.24) is 10.2 Å². The van der Waals surface area contributed by atoms with Gasteiger partial charge in [0.05, 0.1) is 6.04 Å². The maximum Gasteiger partial charge on any atom is 0.241 e. The SMILES string of the molecule is CCSCCCN1C(=O)C(C)NC1c1cccs1. The van der Waals surface area contributed by atoms with Crippen molar-refractivity contribution >= 4 is 29.0 Å². The minimum absolute atomic E-state index is 0.0593. The standard InChI is InChI=1S/C13H20N2OS2/c1-3-17-8-5-7-15-12(11-6-4-9-18-11)14-10(2)13(15)16/h4,6,9-10,12,14H,3,5,7-8H2,1-2H3. The van der Waals surface area contributed by atoms with Gasteiger partial charge in [0.2, 0.25) is 5.91 Å². The van der Waals surface area contributed by atoms with Crippen LogP contribution in [0.3, 0.4) is 0 Å². The Hall–Kier alpha value is -0.520. The lowest BCUT2D eigenvalue weighted by Crippen LogP contribution is -2.31. The van der Waals surface area contributed by atoms with E-state index in [1.165, 1.54) is 4.88 Å². The molecule has 3 nitrogen and oxygen atoms in total. The third-order valence-corrected chi connectivity index (χ3v) is 4.99. The van der Waals surface area contributed by atoms with Crippen LogP contribution >= 0.6 is 23.1 Å². The fraction of sp³-hybridized carbons (Fsp3) is 0.615. The number of nitrogens with zero attached hydrogens (tertiary/aromatic N) is 1. The second-order valence-electron chi connectivity index (χ2n) is 4.39. The highest BCUT2D eigenvalue weighted by molar-refractivity contribution is 7.99. The van der Waals surface area contributed by atoms with Crippen LogP contribution in [0.15, 0.2) is 17.5 Å². The Morgan fingerprint density at radius 2 is 2.39 bits per heavy atom. The van der Waals surface area contributed by atoms with E-state index >= 15 is 0 Å². The van der Waals surface area contributed by atoms with Gasteiger partial charge < -0.3 is 4.90 Å². The summed E-state index contributed by atoms with van der Waals surface area (Å²) in [5, 5.41) is 5.44. The second-order valence-corrected chi connectivity index (χ2v) is 6.76. The first-order chi connectivity index (χ1) is 8.74. The van der Waals surface area contributed by atoms with Crippen LogP contribution in [0.5, 0.6) is 0 Å². The fourth-order valence-electron chi connectivity index (χ4n) is 2.18. The Kier molecular flexibility index (Phi) is 5.09. The van der Waals surface area contributed by atoms with Gasteiger partial charge in [0, 0.05) is 11.4 Å². The van der Waals surface area contributed by atoms with Gasteiger partial charge >= 0.3 is 0 Å². The van der Waals surface area contributed by atoms with Gasteiger partial charge in [0.25, 0.3) is 0 Å². The number of amides is 1. The number of carbonyl (C=O) groups excluding carboxylic acids is 1. The number of nitrogens with one attached hydrogen (secondary N) is 1. The lowest BCUT2D eigenvalue weighted by Gasteiger charge is -2.23. The average Bonchev–Trinajstić information content (AvgIpc) is 2.97. The zero-order valence-electron chi connectivity index (χ0n) is 10.9. The number of carbonyl (C=O) groups is 1. The van der Waals surface area contributed by atoms with Crippen LogP contribution in [0.25, 0.3) is 0 Å². The molecule has 0 aromatic carbocycles. The Morgan fingerprint density at radius 1 is 1.56 bits per heavy atom. The molecule has 1 aromatic rings. The average molecular weight is 284 g/mol. The molecule has 1 aromatic heterocycles. The summed E-state index contributed by atoms with van der Waals surface area (Å²) in [5.74, 6) is 2.51. The van der Waals surface area contributed by atoms with E-state index in [4.69, 9.17) is 0 Å². The summed E-state index contributed by atoms with van der Waals surface area (Å²) in [5.41, 5.74) is 0. The van der Waals surface area contributed by atoms with Crippen molar-refractivity contribution in [2.75, 3.05) is 18.1 Å². The van der Waals surface area contributed by atoms with E-state index < -0.39 is 0 Å². The number of hydrogen-bond donors (Lipinski definition) is 1. The third-order valence-electron chi connectivity index (χ3n) is 3.08. The van der Waals surface area contributed by atoms with Crippen molar-refractivity contribution < 1.29 is 4.79 Å². The summed E-state index contributed by atoms with van der Waals surface area (Å²) in [7, 11) is 0. The minimum Gasteiger partial charge on any atom is -0.321 e. The predicted octanol–water partition coefficient (Wildman–Crippen LogP) is 2.71. The topological polar surface area (TPSA) is 32.3 Å². The van der Waals surface area contributed by atoms with Crippen LogP contribution in [0.4, 0.5) is 0 Å². The molecule has 1 saturated heterocycles. The maximum atomic E-state index is 12.1. The molecular formula is C13H20N2OS2. The predicted molar refractivity (Wildman–Crippen MR) is 79.0 cm³/mol. The van der Waals surface area contributed by atoms with Crippen molar-refractivity contribution in [3.63, 3.8) is 0 Å². The van der Waals surface area contributed by atoms with Gasteiger partial charge in [-0.15, -0.1) is 11.3 Å². The molecule has 2 rings (SSSR count). The monoisotopic (exact) mass is 284 g/mol. The molecule has 1 aliphatic rings. The van der Waals surface area contributed by atoms with E-state index in [0.717, 1.165) is 24.5 Å². The Morgan fingerprint density at radius 3 is 3.06 bits per heavy atom. The molecule has 0 radical (unpaired) electrons. The lowest BCUT2D eigenvalue weighted by molar-refractivity contribution is -0.129. The molecule has 1 amide bonds. The molecule has 2 atom stereocenters. The van der Waals surface area contributed by atoms with Gasteiger partial charge in [-0.3, -0.25) is 10.1 Å². The molecule has 1 fully saturated rings. The molecular weight excluding hydrogens is 264 g/mol. The third kappa shape index (κ3) is 3.08. The summed E-state index contributed by atoms with van der Waals surface area (Å²) in [6.07, 6.45) is 1.15. The van der Waals surface area contributed by atoms with Crippen LogP contribution in [0, 0.1) is 0 Å². The highest BCUT2D eigenvalue weighted by Gasteiger charge is 2.36. The van der Waals surface area contributed by atoms with Crippen molar-refractivity contribution in [2.45, 2.75) is 32.5 Å². The van der Waals surface area contributed by atoms with E-state index in [0.29, 0.717) is 0 Å². The van der Waals surface area contributed by atoms with E-state index in [9.17, 15) is 4.79 Å². The highest BCUT2D eigenvalue weighted by atomic mass is 32.2. The van der Waals surface area contributed by atoms with Crippen LogP contribution < -0.4 is 5.32 Å². The Balaban J connectivity index is 1.97. The molecule has 2 heterocycles. The Bertz CT molecular complexity index is 380. The Labute approximate surface area is 117 Å². The van der Waals surface area contributed by atoms with E-state index in [1.807, 2.05) is 29.7 Å². The number of thioether (sulfide) groups is 1. The van der Waals surface area contributed by atoms with Crippen LogP contribution in [0.1, 0.15) is 31.3 Å². The fourth-order valence-corrected chi connectivity index (χ4v) is 3.59. The minimum atomic E-state index is -0.0593. The zero-order chi connectivity index (χ0) is 13.0. The number of hydrogen-bond acceptors (Lipinski definition) is 4. The molecule has 18 heavy (non-hydrogen) atoms. The van der Waals surface area contributed by atoms with Gasteiger partial charge in [0.1, 0.15) is 6.17 Å². The summed E-state index contributed by atoms with van der Waals surface area (Å²) in [6.45, 7) is 4.97. The highest BCUT2D eigenvalue weighted by Crippen LogP contribution is 2.28. The summed E-state index contributed by atoms with van der Waals surface area (Å²) < 4.78 is 0. The zero-order valence-corrected chi connectivity index (χ0v) is 12.5. The van der Waals surface area contributed by atoms with Crippen molar-refractivity contribution in [3.8, 4) is 0 Å². The first kappa shape index (κ1) is 13.9. The maximum absolute atomic E-state index is 12.1. The van der Waals surface area contributed by atoms with Crippen LogP contribution in [0.2, 0.25) is 0 Å². The second kappa shape index (κ2) is 6.59. The molecule has 100 valence electrons. The molecule has 1 aliphatic heterocycles. The lowest BCUT2D eigenvalue weighted by atomic mass is 10.3. The molecule has 1 N–H and O–H groups in total. The molecule has 2 unspecified atom stereocenters. The quantitative estimate of drug-likeness (QED) is 0.815. The number of rotatable bonds is 6. The molecule has 0 bridgehead atoms. The van der Waals surface area contributed by atoms with E-state index in [2.05, 4.69) is 23.7 Å². The molecule has 0 aliphatic carbocycles. The van der Waals surface area contributed by atoms with Crippen molar-refractivity contribution in [1.29, 1.82) is 0 Å².